The Hall–Kier alpha value is -1.49. The van der Waals surface area contributed by atoms with Gasteiger partial charge in [0.25, 0.3) is 0 Å². The van der Waals surface area contributed by atoms with Gasteiger partial charge in [0, 0.05) is 37.5 Å². The number of hydrogen-bond acceptors (Lipinski definition) is 5. The third-order valence-electron chi connectivity index (χ3n) is 2.84. The Kier molecular flexibility index (Phi) is 12.3. The summed E-state index contributed by atoms with van der Waals surface area (Å²) < 4.78 is 10.8. The molecule has 0 amide bonds. The Morgan fingerprint density at radius 2 is 1.68 bits per heavy atom. The predicted molar refractivity (Wildman–Crippen MR) is 94.8 cm³/mol. The van der Waals surface area contributed by atoms with Crippen LogP contribution in [0.15, 0.2) is 12.1 Å². The first-order chi connectivity index (χ1) is 10.7. The number of rotatable bonds is 10. The molecule has 0 saturated heterocycles. The molecule has 22 heavy (non-hydrogen) atoms. The van der Waals surface area contributed by atoms with Gasteiger partial charge < -0.3 is 20.1 Å². The monoisotopic (exact) mass is 311 g/mol. The topological polar surface area (TPSA) is 60.6 Å². The standard InChI is InChI=1S/C15H27N3O2.C2H6/c1-4-7-18(8-5-2)13-11-14(16)17-15(12-13)20-10-9-19-6-3;1-2/h11-12H,4-10H2,1-3H3,(H2,16,17);1-2H3. The molecule has 0 aliphatic carbocycles. The van der Waals surface area contributed by atoms with Crippen molar-refractivity contribution >= 4 is 11.5 Å². The summed E-state index contributed by atoms with van der Waals surface area (Å²) >= 11 is 0. The maximum absolute atomic E-state index is 5.87. The van der Waals surface area contributed by atoms with Gasteiger partial charge in [0.05, 0.1) is 6.61 Å². The van der Waals surface area contributed by atoms with Crippen LogP contribution in [0.4, 0.5) is 11.5 Å². The second-order valence-electron chi connectivity index (χ2n) is 4.62. The molecule has 128 valence electrons. The molecule has 1 aromatic rings. The van der Waals surface area contributed by atoms with Crippen LogP contribution in [0.3, 0.4) is 0 Å². The molecular formula is C17H33N3O2. The summed E-state index contributed by atoms with van der Waals surface area (Å²) in [4.78, 5) is 6.52. The van der Waals surface area contributed by atoms with Crippen LogP contribution in [-0.2, 0) is 4.74 Å². The fourth-order valence-electron chi connectivity index (χ4n) is 2.03. The molecule has 5 nitrogen and oxygen atoms in total. The minimum Gasteiger partial charge on any atom is -0.475 e. The second kappa shape index (κ2) is 13.2. The number of hydrogen-bond donors (Lipinski definition) is 1. The molecule has 2 N–H and O–H groups in total. The quantitative estimate of drug-likeness (QED) is 0.667. The Balaban J connectivity index is 0.00000211. The third-order valence-corrected chi connectivity index (χ3v) is 2.84. The van der Waals surface area contributed by atoms with Crippen LogP contribution >= 0.6 is 0 Å². The van der Waals surface area contributed by atoms with Crippen LogP contribution in [0, 0.1) is 0 Å². The van der Waals surface area contributed by atoms with Crippen molar-refractivity contribution in [2.45, 2.75) is 47.5 Å². The number of nitrogens with two attached hydrogens (primary N) is 1. The van der Waals surface area contributed by atoms with Crippen LogP contribution < -0.4 is 15.4 Å². The van der Waals surface area contributed by atoms with E-state index in [2.05, 4.69) is 23.7 Å². The molecular weight excluding hydrogens is 278 g/mol. The summed E-state index contributed by atoms with van der Waals surface area (Å²) in [7, 11) is 0. The highest BCUT2D eigenvalue weighted by atomic mass is 16.5. The average molecular weight is 311 g/mol. The SMILES string of the molecule is CC.CCCN(CCC)c1cc(N)nc(OCCOCC)c1. The largest absolute Gasteiger partial charge is 0.475 e. The van der Waals surface area contributed by atoms with Crippen LogP contribution in [0.1, 0.15) is 47.5 Å². The summed E-state index contributed by atoms with van der Waals surface area (Å²) in [6.45, 7) is 14.1. The highest BCUT2D eigenvalue weighted by Gasteiger charge is 2.08. The van der Waals surface area contributed by atoms with Crippen molar-refractivity contribution in [2.75, 3.05) is 43.5 Å². The van der Waals surface area contributed by atoms with Crippen molar-refractivity contribution in [3.05, 3.63) is 12.1 Å². The Bertz CT molecular complexity index is 380. The molecule has 0 aromatic carbocycles. The fourth-order valence-corrected chi connectivity index (χ4v) is 2.03. The molecule has 0 aliphatic heterocycles. The normalized spacial score (nSPS) is 9.86. The maximum atomic E-state index is 5.87. The van der Waals surface area contributed by atoms with Gasteiger partial charge in [0.2, 0.25) is 5.88 Å². The van der Waals surface area contributed by atoms with E-state index in [-0.39, 0.29) is 0 Å². The highest BCUT2D eigenvalue weighted by molar-refractivity contribution is 5.55. The van der Waals surface area contributed by atoms with Gasteiger partial charge in [-0.1, -0.05) is 27.7 Å². The molecule has 1 rings (SSSR count). The molecule has 5 heteroatoms. The molecule has 0 saturated carbocycles. The van der Waals surface area contributed by atoms with E-state index in [4.69, 9.17) is 15.2 Å². The average Bonchev–Trinajstić information content (AvgIpc) is 2.53. The van der Waals surface area contributed by atoms with Gasteiger partial charge in [-0.15, -0.1) is 0 Å². The first-order valence-electron chi connectivity index (χ1n) is 8.44. The lowest BCUT2D eigenvalue weighted by Crippen LogP contribution is -2.25. The molecule has 0 bridgehead atoms. The molecule has 1 heterocycles. The lowest BCUT2D eigenvalue weighted by molar-refractivity contribution is 0.108. The van der Waals surface area contributed by atoms with Crippen LogP contribution in [0.2, 0.25) is 0 Å². The van der Waals surface area contributed by atoms with E-state index in [9.17, 15) is 0 Å². The first kappa shape index (κ1) is 20.5. The zero-order valence-corrected chi connectivity index (χ0v) is 14.9. The molecule has 1 aromatic heterocycles. The van der Waals surface area contributed by atoms with E-state index in [0.717, 1.165) is 31.6 Å². The fraction of sp³-hybridized carbons (Fsp3) is 0.706. The van der Waals surface area contributed by atoms with Crippen molar-refractivity contribution in [1.29, 1.82) is 0 Å². The number of ether oxygens (including phenoxy) is 2. The maximum Gasteiger partial charge on any atom is 0.217 e. The minimum atomic E-state index is 0.491. The molecule has 0 fully saturated rings. The Morgan fingerprint density at radius 3 is 2.23 bits per heavy atom. The third kappa shape index (κ3) is 8.08. The number of aromatic nitrogens is 1. The lowest BCUT2D eigenvalue weighted by atomic mass is 10.3. The molecule has 0 spiro atoms. The number of nitrogens with zero attached hydrogens (tertiary/aromatic N) is 2. The van der Waals surface area contributed by atoms with E-state index in [1.807, 2.05) is 32.9 Å². The Labute approximate surface area is 135 Å². The molecule has 0 unspecified atom stereocenters. The molecule has 0 atom stereocenters. The number of anilines is 2. The van der Waals surface area contributed by atoms with Gasteiger partial charge >= 0.3 is 0 Å². The van der Waals surface area contributed by atoms with Crippen molar-refractivity contribution in [1.82, 2.24) is 4.98 Å². The van der Waals surface area contributed by atoms with Crippen molar-refractivity contribution in [2.24, 2.45) is 0 Å². The summed E-state index contributed by atoms with van der Waals surface area (Å²) in [6, 6.07) is 3.86. The molecule has 0 aliphatic rings. The number of nitrogen functional groups attached to an aromatic ring is 1. The van der Waals surface area contributed by atoms with Crippen molar-refractivity contribution in [3.8, 4) is 5.88 Å². The molecule has 0 radical (unpaired) electrons. The second-order valence-corrected chi connectivity index (χ2v) is 4.62. The van der Waals surface area contributed by atoms with Crippen LogP contribution in [0.5, 0.6) is 5.88 Å². The summed E-state index contributed by atoms with van der Waals surface area (Å²) in [6.07, 6.45) is 2.20. The van der Waals surface area contributed by atoms with Gasteiger partial charge in [0.15, 0.2) is 0 Å². The van der Waals surface area contributed by atoms with Crippen molar-refractivity contribution in [3.63, 3.8) is 0 Å². The van der Waals surface area contributed by atoms with Gasteiger partial charge in [0.1, 0.15) is 12.4 Å². The zero-order valence-electron chi connectivity index (χ0n) is 14.9. The van der Waals surface area contributed by atoms with Crippen molar-refractivity contribution < 1.29 is 9.47 Å². The summed E-state index contributed by atoms with van der Waals surface area (Å²) in [5, 5.41) is 0. The first-order valence-corrected chi connectivity index (χ1v) is 8.44. The van der Waals surface area contributed by atoms with Crippen LogP contribution in [-0.4, -0.2) is 37.9 Å². The zero-order chi connectivity index (χ0) is 16.8. The number of pyridine rings is 1. The van der Waals surface area contributed by atoms with Crippen LogP contribution in [0.25, 0.3) is 0 Å². The highest BCUT2D eigenvalue weighted by Crippen LogP contribution is 2.23. The van der Waals surface area contributed by atoms with E-state index < -0.39 is 0 Å². The van der Waals surface area contributed by atoms with E-state index in [0.29, 0.717) is 31.5 Å². The van der Waals surface area contributed by atoms with Gasteiger partial charge in [-0.2, -0.15) is 4.98 Å². The lowest BCUT2D eigenvalue weighted by Gasteiger charge is -2.24. The summed E-state index contributed by atoms with van der Waals surface area (Å²) in [5.74, 6) is 1.06. The van der Waals surface area contributed by atoms with E-state index >= 15 is 0 Å². The minimum absolute atomic E-state index is 0.491. The predicted octanol–water partition coefficient (Wildman–Crippen LogP) is 3.73. The smallest absolute Gasteiger partial charge is 0.217 e. The Morgan fingerprint density at radius 1 is 1.05 bits per heavy atom. The van der Waals surface area contributed by atoms with E-state index in [1.165, 1.54) is 0 Å². The van der Waals surface area contributed by atoms with Gasteiger partial charge in [-0.3, -0.25) is 0 Å². The summed E-state index contributed by atoms with van der Waals surface area (Å²) in [5.41, 5.74) is 6.95. The van der Waals surface area contributed by atoms with E-state index in [1.54, 1.807) is 0 Å². The van der Waals surface area contributed by atoms with Gasteiger partial charge in [-0.25, -0.2) is 0 Å². The van der Waals surface area contributed by atoms with Gasteiger partial charge in [-0.05, 0) is 19.8 Å².